The van der Waals surface area contributed by atoms with E-state index in [1.807, 2.05) is 0 Å². The lowest BCUT2D eigenvalue weighted by atomic mass is 10.4. The van der Waals surface area contributed by atoms with Crippen molar-refractivity contribution in [3.8, 4) is 0 Å². The number of esters is 1. The molecule has 0 atom stereocenters. The van der Waals surface area contributed by atoms with Crippen LogP contribution in [0.3, 0.4) is 0 Å². The van der Waals surface area contributed by atoms with Gasteiger partial charge >= 0.3 is 12.0 Å². The third kappa shape index (κ3) is 7.54. The van der Waals surface area contributed by atoms with Crippen LogP contribution >= 0.6 is 0 Å². The number of carbonyl (C=O) groups is 2. The summed E-state index contributed by atoms with van der Waals surface area (Å²) in [6, 6.07) is -0.542. The lowest BCUT2D eigenvalue weighted by Gasteiger charge is -2.03. The molecule has 0 bridgehead atoms. The topological polar surface area (TPSA) is 77.0 Å². The van der Waals surface area contributed by atoms with Crippen LogP contribution in [-0.2, 0) is 14.3 Å². The van der Waals surface area contributed by atoms with Gasteiger partial charge in [-0.05, 0) is 13.8 Å². The highest BCUT2D eigenvalue weighted by Gasteiger charge is 2.02. The molecule has 0 fully saturated rings. The number of nitrogens with one attached hydrogen (secondary N) is 1. The molecule has 90 valence electrons. The van der Waals surface area contributed by atoms with Crippen LogP contribution in [0.1, 0.15) is 13.8 Å². The fourth-order valence-corrected chi connectivity index (χ4v) is 0.630. The van der Waals surface area contributed by atoms with Crippen molar-refractivity contribution in [2.75, 3.05) is 19.8 Å². The van der Waals surface area contributed by atoms with Gasteiger partial charge in [0.25, 0.3) is 0 Å². The second kappa shape index (κ2) is 8.46. The molecule has 0 radical (unpaired) electrons. The van der Waals surface area contributed by atoms with E-state index < -0.39 is 12.0 Å². The molecule has 0 aromatic heterocycles. The van der Waals surface area contributed by atoms with Crippen LogP contribution in [-0.4, -0.2) is 38.2 Å². The van der Waals surface area contributed by atoms with Crippen LogP contribution in [0.4, 0.5) is 4.79 Å². The predicted octanol–water partition coefficient (Wildman–Crippen LogP) is 0.880. The van der Waals surface area contributed by atoms with Gasteiger partial charge in [0.2, 0.25) is 0 Å². The Morgan fingerprint density at radius 2 is 2.19 bits per heavy atom. The van der Waals surface area contributed by atoms with E-state index in [0.717, 1.165) is 6.40 Å². The number of hydrogen-bond acceptors (Lipinski definition) is 4. The summed E-state index contributed by atoms with van der Waals surface area (Å²) < 4.78 is 9.47. The molecule has 0 saturated carbocycles. The molecule has 0 spiro atoms. The Morgan fingerprint density at radius 3 is 2.75 bits per heavy atom. The fraction of sp³-hybridized carbons (Fsp3) is 0.500. The number of hydrogen-bond donors (Lipinski definition) is 1. The van der Waals surface area contributed by atoms with Gasteiger partial charge < -0.3 is 14.8 Å². The molecule has 6 nitrogen and oxygen atoms in total. The molecule has 0 aliphatic carbocycles. The third-order valence-electron chi connectivity index (χ3n) is 1.37. The van der Waals surface area contributed by atoms with Crippen molar-refractivity contribution in [2.45, 2.75) is 13.8 Å². The highest BCUT2D eigenvalue weighted by molar-refractivity contribution is 5.87. The van der Waals surface area contributed by atoms with Crippen molar-refractivity contribution in [1.29, 1.82) is 0 Å². The Balaban J connectivity index is 3.55. The van der Waals surface area contributed by atoms with Crippen molar-refractivity contribution in [2.24, 2.45) is 4.99 Å². The minimum atomic E-state index is -0.542. The summed E-state index contributed by atoms with van der Waals surface area (Å²) in [4.78, 5) is 25.3. The zero-order valence-corrected chi connectivity index (χ0v) is 9.49. The van der Waals surface area contributed by atoms with E-state index >= 15 is 0 Å². The molecule has 0 rings (SSSR count). The lowest BCUT2D eigenvalue weighted by Crippen LogP contribution is -2.25. The Bertz CT molecular complexity index is 287. The summed E-state index contributed by atoms with van der Waals surface area (Å²) in [7, 11) is 0. The molecule has 0 unspecified atom stereocenters. The molecule has 0 heterocycles. The summed E-state index contributed by atoms with van der Waals surface area (Å²) in [6.07, 6.45) is 1.06. The molecular weight excluding hydrogens is 212 g/mol. The predicted molar refractivity (Wildman–Crippen MR) is 59.3 cm³/mol. The van der Waals surface area contributed by atoms with Crippen molar-refractivity contribution in [3.63, 3.8) is 0 Å². The molecule has 0 aromatic carbocycles. The van der Waals surface area contributed by atoms with E-state index in [1.54, 1.807) is 13.8 Å². The minimum Gasteiger partial charge on any atom is -0.483 e. The minimum absolute atomic E-state index is 0.0849. The standard InChI is InChI=1S/C10H16N2O4/c1-4-15-7-12-10(14)11-5-6-16-9(13)8(2)3/h7H,2,4-6H2,1,3H3,(H,11,14). The van der Waals surface area contributed by atoms with Crippen molar-refractivity contribution < 1.29 is 19.1 Å². The van der Waals surface area contributed by atoms with Crippen molar-refractivity contribution in [1.82, 2.24) is 5.32 Å². The first-order chi connectivity index (χ1) is 7.57. The van der Waals surface area contributed by atoms with Gasteiger partial charge in [-0.3, -0.25) is 0 Å². The first-order valence-electron chi connectivity index (χ1n) is 4.82. The van der Waals surface area contributed by atoms with E-state index in [2.05, 4.69) is 16.9 Å². The summed E-state index contributed by atoms with van der Waals surface area (Å²) >= 11 is 0. The monoisotopic (exact) mass is 228 g/mol. The van der Waals surface area contributed by atoms with Gasteiger partial charge in [0, 0.05) is 5.57 Å². The number of amides is 2. The van der Waals surface area contributed by atoms with E-state index in [1.165, 1.54) is 0 Å². The van der Waals surface area contributed by atoms with E-state index in [9.17, 15) is 9.59 Å². The molecule has 0 aromatic rings. The lowest BCUT2D eigenvalue weighted by molar-refractivity contribution is -0.138. The molecular formula is C10H16N2O4. The number of rotatable bonds is 6. The SMILES string of the molecule is C=C(C)C(=O)OCCNC(=O)N=COCC. The second-order valence-electron chi connectivity index (χ2n) is 2.84. The zero-order chi connectivity index (χ0) is 12.4. The number of carbonyl (C=O) groups excluding carboxylic acids is 2. The Hall–Kier alpha value is -1.85. The normalized spacial score (nSPS) is 9.88. The molecule has 0 saturated heterocycles. The van der Waals surface area contributed by atoms with Gasteiger partial charge in [0.15, 0.2) is 6.40 Å². The summed E-state index contributed by atoms with van der Waals surface area (Å²) in [5, 5.41) is 2.41. The molecule has 1 N–H and O–H groups in total. The van der Waals surface area contributed by atoms with Crippen LogP contribution in [0.15, 0.2) is 17.1 Å². The number of nitrogens with zero attached hydrogens (tertiary/aromatic N) is 1. The number of aliphatic imine (C=N–C) groups is 1. The smallest absolute Gasteiger partial charge is 0.343 e. The summed E-state index contributed by atoms with van der Waals surface area (Å²) in [5.74, 6) is -0.480. The van der Waals surface area contributed by atoms with Crippen molar-refractivity contribution >= 4 is 18.4 Å². The van der Waals surface area contributed by atoms with E-state index in [0.29, 0.717) is 12.2 Å². The molecule has 0 aliphatic heterocycles. The third-order valence-corrected chi connectivity index (χ3v) is 1.37. The Morgan fingerprint density at radius 1 is 1.50 bits per heavy atom. The molecule has 6 heteroatoms. The van der Waals surface area contributed by atoms with E-state index in [-0.39, 0.29) is 13.2 Å². The van der Waals surface area contributed by atoms with Gasteiger partial charge in [-0.1, -0.05) is 6.58 Å². The van der Waals surface area contributed by atoms with Gasteiger partial charge in [0.1, 0.15) is 6.61 Å². The highest BCUT2D eigenvalue weighted by Crippen LogP contribution is 1.90. The van der Waals surface area contributed by atoms with Crippen LogP contribution in [0.5, 0.6) is 0 Å². The second-order valence-corrected chi connectivity index (χ2v) is 2.84. The summed E-state index contributed by atoms with van der Waals surface area (Å²) in [6.45, 7) is 7.48. The van der Waals surface area contributed by atoms with E-state index in [4.69, 9.17) is 9.47 Å². The Kier molecular flexibility index (Phi) is 7.48. The highest BCUT2D eigenvalue weighted by atomic mass is 16.5. The average molecular weight is 228 g/mol. The number of urea groups is 1. The first-order valence-corrected chi connectivity index (χ1v) is 4.82. The maximum atomic E-state index is 10.9. The average Bonchev–Trinajstić information content (AvgIpc) is 2.24. The Labute approximate surface area is 94.3 Å². The summed E-state index contributed by atoms with van der Waals surface area (Å²) in [5.41, 5.74) is 0.320. The van der Waals surface area contributed by atoms with Gasteiger partial charge in [-0.15, -0.1) is 0 Å². The molecule has 0 aliphatic rings. The quantitative estimate of drug-likeness (QED) is 0.241. The van der Waals surface area contributed by atoms with Crippen molar-refractivity contribution in [3.05, 3.63) is 12.2 Å². The molecule has 2 amide bonds. The van der Waals surface area contributed by atoms with Gasteiger partial charge in [-0.25, -0.2) is 9.59 Å². The zero-order valence-electron chi connectivity index (χ0n) is 9.49. The van der Waals surface area contributed by atoms with Crippen LogP contribution in [0.25, 0.3) is 0 Å². The first kappa shape index (κ1) is 14.2. The van der Waals surface area contributed by atoms with Gasteiger partial charge in [0.05, 0.1) is 13.2 Å². The maximum absolute atomic E-state index is 10.9. The van der Waals surface area contributed by atoms with Crippen LogP contribution in [0.2, 0.25) is 0 Å². The molecule has 16 heavy (non-hydrogen) atoms. The largest absolute Gasteiger partial charge is 0.483 e. The maximum Gasteiger partial charge on any atom is 0.343 e. The fourth-order valence-electron chi connectivity index (χ4n) is 0.630. The van der Waals surface area contributed by atoms with Crippen LogP contribution < -0.4 is 5.32 Å². The number of ether oxygens (including phenoxy) is 2. The van der Waals surface area contributed by atoms with Crippen LogP contribution in [0, 0.1) is 0 Å². The van der Waals surface area contributed by atoms with Gasteiger partial charge in [-0.2, -0.15) is 4.99 Å².